The number of imide groups is 2. The molecule has 16 nitrogen and oxygen atoms in total. The number of pyridine rings is 1. The van der Waals surface area contributed by atoms with Gasteiger partial charge >= 0.3 is 0 Å². The van der Waals surface area contributed by atoms with Crippen molar-refractivity contribution in [2.24, 2.45) is 13.0 Å². The van der Waals surface area contributed by atoms with Crippen LogP contribution in [0.15, 0.2) is 53.5 Å². The summed E-state index contributed by atoms with van der Waals surface area (Å²) in [4.78, 5) is 92.3. The molecule has 6 heterocycles. The highest BCUT2D eigenvalue weighted by Crippen LogP contribution is 2.37. The van der Waals surface area contributed by atoms with Crippen LogP contribution in [0, 0.1) is 5.92 Å². The van der Waals surface area contributed by atoms with E-state index in [2.05, 4.69) is 44.2 Å². The molecule has 0 saturated carbocycles. The average Bonchev–Trinajstić information content (AvgIpc) is 3.47. The van der Waals surface area contributed by atoms with E-state index in [-0.39, 0.29) is 47.6 Å². The van der Waals surface area contributed by atoms with Gasteiger partial charge < -0.3 is 24.4 Å². The summed E-state index contributed by atoms with van der Waals surface area (Å²) in [5, 5.41) is 6.65. The number of fused-ring (bicyclic) bond motifs is 2. The Morgan fingerprint density at radius 2 is 1.64 bits per heavy atom. The van der Waals surface area contributed by atoms with Crippen LogP contribution in [0.2, 0.25) is 5.02 Å². The Balaban J connectivity index is 0.877. The Hall–Kier alpha value is -5.87. The van der Waals surface area contributed by atoms with Gasteiger partial charge in [-0.1, -0.05) is 11.6 Å². The topological polar surface area (TPSA) is 179 Å². The van der Waals surface area contributed by atoms with E-state index in [4.69, 9.17) is 21.3 Å². The van der Waals surface area contributed by atoms with Gasteiger partial charge in [0.15, 0.2) is 17.4 Å². The Morgan fingerprint density at radius 3 is 2.36 bits per heavy atom. The second kappa shape index (κ2) is 15.7. The molecule has 0 radical (unpaired) electrons. The number of benzene rings is 2. The number of anilines is 4. The first-order chi connectivity index (χ1) is 28.2. The third kappa shape index (κ3) is 7.62. The third-order valence-electron chi connectivity index (χ3n) is 12.3. The molecule has 1 unspecified atom stereocenters. The fourth-order valence-electron chi connectivity index (χ4n) is 8.79. The van der Waals surface area contributed by atoms with E-state index in [1.54, 1.807) is 31.4 Å². The molecule has 3 saturated heterocycles. The minimum Gasteiger partial charge on any atom is -0.480 e. The number of nitrogens with zero attached hydrogens (tertiary/aromatic N) is 7. The maximum atomic E-state index is 13.4. The number of Topliss-reactive ketones (excluding diaryl/α,β-unsaturated/α-hetero) is 1. The standard InChI is InChI=1S/C42H46ClN9O7/c1-24(53)23-59-34-20-25-19-27(5-8-32(25)48(4)40(34)58)45-36-31(43)22-44-41(47-36)50-15-17-51(18-16-50)42(2,3)26-11-13-49(14-12-26)28-6-7-29-30(21-28)39(57)52(38(29)56)33-9-10-35(54)46-37(33)55/h5-8,19-22,26,33H,9-18,23H2,1-4H3,(H,44,45,47)(H,46,54,55). The lowest BCUT2D eigenvalue weighted by Crippen LogP contribution is -2.59. The fourth-order valence-corrected chi connectivity index (χ4v) is 8.93. The molecule has 1 atom stereocenters. The molecule has 4 aromatic rings. The van der Waals surface area contributed by atoms with Crippen LogP contribution in [0.25, 0.3) is 10.9 Å². The second-order valence-electron chi connectivity index (χ2n) is 16.2. The molecule has 2 aromatic heterocycles. The Kier molecular flexibility index (Phi) is 10.6. The summed E-state index contributed by atoms with van der Waals surface area (Å²) in [5.41, 5.74) is 2.44. The number of rotatable bonds is 10. The van der Waals surface area contributed by atoms with E-state index < -0.39 is 29.7 Å². The van der Waals surface area contributed by atoms with Crippen LogP contribution in [0.5, 0.6) is 5.75 Å². The van der Waals surface area contributed by atoms with Gasteiger partial charge in [0.05, 0.1) is 22.8 Å². The molecular weight excluding hydrogens is 778 g/mol. The number of piperazine rings is 1. The predicted molar refractivity (Wildman–Crippen MR) is 222 cm³/mol. The molecule has 59 heavy (non-hydrogen) atoms. The van der Waals surface area contributed by atoms with Gasteiger partial charge in [-0.2, -0.15) is 4.98 Å². The van der Waals surface area contributed by atoms with E-state index in [1.165, 1.54) is 11.5 Å². The molecule has 0 spiro atoms. The van der Waals surface area contributed by atoms with Crippen LogP contribution in [0.4, 0.5) is 23.1 Å². The molecule has 4 amide bonds. The van der Waals surface area contributed by atoms with E-state index in [9.17, 15) is 28.8 Å². The predicted octanol–water partition coefficient (Wildman–Crippen LogP) is 3.91. The van der Waals surface area contributed by atoms with Crippen molar-refractivity contribution in [3.8, 4) is 5.75 Å². The van der Waals surface area contributed by atoms with Crippen molar-refractivity contribution < 1.29 is 28.7 Å². The first kappa shape index (κ1) is 39.9. The number of carbonyl (C=O) groups excluding carboxylic acids is 5. The second-order valence-corrected chi connectivity index (χ2v) is 16.6. The van der Waals surface area contributed by atoms with Gasteiger partial charge in [-0.15, -0.1) is 0 Å². The van der Waals surface area contributed by atoms with Gasteiger partial charge in [-0.25, -0.2) is 4.98 Å². The van der Waals surface area contributed by atoms with Gasteiger partial charge in [-0.05, 0) is 88.4 Å². The van der Waals surface area contributed by atoms with E-state index in [0.717, 1.165) is 68.1 Å². The summed E-state index contributed by atoms with van der Waals surface area (Å²) in [6, 6.07) is 11.5. The van der Waals surface area contributed by atoms with Crippen LogP contribution in [-0.2, 0) is 21.4 Å². The number of amides is 4. The van der Waals surface area contributed by atoms with Gasteiger partial charge in [0.1, 0.15) is 17.7 Å². The molecule has 0 bridgehead atoms. The molecule has 2 aromatic carbocycles. The molecule has 17 heteroatoms. The van der Waals surface area contributed by atoms with Gasteiger partial charge in [0.2, 0.25) is 17.8 Å². The number of hydrogen-bond acceptors (Lipinski definition) is 13. The van der Waals surface area contributed by atoms with Crippen LogP contribution in [0.1, 0.15) is 67.2 Å². The maximum Gasteiger partial charge on any atom is 0.293 e. The van der Waals surface area contributed by atoms with Crippen molar-refractivity contribution >= 4 is 75.1 Å². The number of nitrogens with one attached hydrogen (secondary N) is 2. The molecule has 4 aliphatic heterocycles. The van der Waals surface area contributed by atoms with Crippen LogP contribution >= 0.6 is 11.6 Å². The monoisotopic (exact) mass is 823 g/mol. The van der Waals surface area contributed by atoms with E-state index >= 15 is 0 Å². The molecule has 0 aliphatic carbocycles. The van der Waals surface area contributed by atoms with Gasteiger partial charge in [0, 0.05) is 75.0 Å². The van der Waals surface area contributed by atoms with Crippen molar-refractivity contribution in [2.75, 3.05) is 61.0 Å². The largest absolute Gasteiger partial charge is 0.480 e. The summed E-state index contributed by atoms with van der Waals surface area (Å²) in [5.74, 6) is -0.659. The van der Waals surface area contributed by atoms with Crippen molar-refractivity contribution in [1.82, 2.24) is 29.7 Å². The molecule has 308 valence electrons. The normalized spacial score (nSPS) is 19.3. The quantitative estimate of drug-likeness (QED) is 0.220. The number of aromatic nitrogens is 3. The first-order valence-corrected chi connectivity index (χ1v) is 20.2. The molecule has 8 rings (SSSR count). The SMILES string of the molecule is CC(=O)COc1cc2cc(Nc3nc(N4CCN(C(C)(C)C5CCN(c6ccc7c(c6)C(=O)N(C6CCC(=O)NC6=O)C7=O)CC5)CC4)ncc3Cl)ccc2n(C)c1=O. The number of aryl methyl sites for hydroxylation is 1. The zero-order valence-electron chi connectivity index (χ0n) is 33.4. The lowest BCUT2D eigenvalue weighted by molar-refractivity contribution is -0.136. The molecule has 2 N–H and O–H groups in total. The molecule has 3 fully saturated rings. The number of hydrogen-bond donors (Lipinski definition) is 2. The van der Waals surface area contributed by atoms with E-state index in [1.807, 2.05) is 24.3 Å². The van der Waals surface area contributed by atoms with Crippen LogP contribution in [0.3, 0.4) is 0 Å². The minimum absolute atomic E-state index is 0.0783. The zero-order valence-corrected chi connectivity index (χ0v) is 34.2. The summed E-state index contributed by atoms with van der Waals surface area (Å²) in [6.07, 6.45) is 3.70. The van der Waals surface area contributed by atoms with Gasteiger partial charge in [-0.3, -0.25) is 43.9 Å². The van der Waals surface area contributed by atoms with E-state index in [0.29, 0.717) is 39.5 Å². The number of ketones is 1. The number of halogens is 1. The summed E-state index contributed by atoms with van der Waals surface area (Å²) in [7, 11) is 1.66. The fraction of sp³-hybridized carbons (Fsp3) is 0.429. The molecular formula is C42H46ClN9O7. The van der Waals surface area contributed by atoms with Gasteiger partial charge in [0.25, 0.3) is 17.4 Å². The maximum absolute atomic E-state index is 13.4. The Bertz CT molecular complexity index is 2450. The highest BCUT2D eigenvalue weighted by atomic mass is 35.5. The zero-order chi connectivity index (χ0) is 41.7. The van der Waals surface area contributed by atoms with Crippen LogP contribution in [-0.4, -0.2) is 111 Å². The Morgan fingerprint density at radius 1 is 0.915 bits per heavy atom. The lowest BCUT2D eigenvalue weighted by Gasteiger charge is -2.50. The molecule has 4 aliphatic rings. The summed E-state index contributed by atoms with van der Waals surface area (Å²) in [6.45, 7) is 10.5. The van der Waals surface area contributed by atoms with Crippen molar-refractivity contribution in [3.05, 3.63) is 75.2 Å². The highest BCUT2D eigenvalue weighted by molar-refractivity contribution is 6.33. The first-order valence-electron chi connectivity index (χ1n) is 19.9. The highest BCUT2D eigenvalue weighted by Gasteiger charge is 2.45. The third-order valence-corrected chi connectivity index (χ3v) is 12.6. The number of ether oxygens (including phenoxy) is 1. The smallest absolute Gasteiger partial charge is 0.293 e. The Labute approximate surface area is 345 Å². The number of carbonyl (C=O) groups is 5. The summed E-state index contributed by atoms with van der Waals surface area (Å²) < 4.78 is 6.97. The number of piperidine rings is 2. The minimum atomic E-state index is -0.990. The van der Waals surface area contributed by atoms with Crippen molar-refractivity contribution in [3.63, 3.8) is 0 Å². The van der Waals surface area contributed by atoms with Crippen molar-refractivity contribution in [2.45, 2.75) is 58.0 Å². The average molecular weight is 824 g/mol. The summed E-state index contributed by atoms with van der Waals surface area (Å²) >= 11 is 6.58. The van der Waals surface area contributed by atoms with Crippen molar-refractivity contribution in [1.29, 1.82) is 0 Å². The lowest BCUT2D eigenvalue weighted by atomic mass is 9.78. The van der Waals surface area contributed by atoms with Crippen LogP contribution < -0.4 is 30.7 Å².